The van der Waals surface area contributed by atoms with E-state index in [4.69, 9.17) is 14.7 Å². The Morgan fingerprint density at radius 1 is 1.16 bits per heavy atom. The molecule has 3 aromatic rings. The van der Waals surface area contributed by atoms with Crippen molar-refractivity contribution in [2.24, 2.45) is 0 Å². The summed E-state index contributed by atoms with van der Waals surface area (Å²) in [5, 5.41) is 8.83. The predicted molar refractivity (Wildman–Crippen MR) is 113 cm³/mol. The largest absolute Gasteiger partial charge is 0.473 e. The minimum absolute atomic E-state index is 0.00892. The van der Waals surface area contributed by atoms with Crippen LogP contribution in [0, 0.1) is 17.1 Å². The Morgan fingerprint density at radius 2 is 1.94 bits per heavy atom. The monoisotopic (exact) mass is 416 g/mol. The molecule has 4 rings (SSSR count). The lowest BCUT2D eigenvalue weighted by molar-refractivity contribution is -0.146. The number of pyridine rings is 1. The number of hydrogen-bond donors (Lipinski definition) is 0. The molecule has 2 aromatic carbocycles. The highest BCUT2D eigenvalue weighted by atomic mass is 19.1. The van der Waals surface area contributed by atoms with Crippen molar-refractivity contribution in [3.63, 3.8) is 0 Å². The van der Waals surface area contributed by atoms with Crippen LogP contribution in [0.25, 0.3) is 11.3 Å². The van der Waals surface area contributed by atoms with Crippen molar-refractivity contribution in [2.75, 3.05) is 6.61 Å². The Bertz CT molecular complexity index is 1150. The van der Waals surface area contributed by atoms with Crippen LogP contribution >= 0.6 is 0 Å². The van der Waals surface area contributed by atoms with Crippen LogP contribution in [0.4, 0.5) is 4.39 Å². The first-order valence-electron chi connectivity index (χ1n) is 10.1. The minimum atomic E-state index is -0.502. The van der Waals surface area contributed by atoms with E-state index in [1.54, 1.807) is 12.1 Å². The standard InChI is InChI=1S/C25H21FN2O3/c1-2-30-24(29)25(12-13-25)20-10-8-18(9-11-20)22-4-3-5-23(28-22)31-16-19-7-6-17(15-27)14-21(19)26/h3-11,14H,2,12-13,16H2,1H3. The third-order valence-electron chi connectivity index (χ3n) is 5.43. The number of esters is 1. The molecule has 0 N–H and O–H groups in total. The normalized spacial score (nSPS) is 13.8. The number of rotatable bonds is 7. The van der Waals surface area contributed by atoms with Crippen LogP contribution in [0.3, 0.4) is 0 Å². The summed E-state index contributed by atoms with van der Waals surface area (Å²) in [4.78, 5) is 16.8. The van der Waals surface area contributed by atoms with E-state index in [0.29, 0.717) is 23.7 Å². The molecule has 0 radical (unpaired) electrons. The molecule has 31 heavy (non-hydrogen) atoms. The van der Waals surface area contributed by atoms with Gasteiger partial charge in [0.2, 0.25) is 5.88 Å². The lowest BCUT2D eigenvalue weighted by atomic mass is 9.94. The second-order valence-electron chi connectivity index (χ2n) is 7.45. The first-order chi connectivity index (χ1) is 15.1. The minimum Gasteiger partial charge on any atom is -0.473 e. The molecule has 1 heterocycles. The summed E-state index contributed by atoms with van der Waals surface area (Å²) in [5.41, 5.74) is 2.67. The molecule has 0 atom stereocenters. The number of nitrogens with zero attached hydrogens (tertiary/aromatic N) is 2. The quantitative estimate of drug-likeness (QED) is 0.511. The highest BCUT2D eigenvalue weighted by Crippen LogP contribution is 2.49. The predicted octanol–water partition coefficient (Wildman–Crippen LogP) is 4.93. The van der Waals surface area contributed by atoms with E-state index in [2.05, 4.69) is 4.98 Å². The molecule has 0 spiro atoms. The van der Waals surface area contributed by atoms with Gasteiger partial charge >= 0.3 is 5.97 Å². The van der Waals surface area contributed by atoms with Crippen LogP contribution in [0.2, 0.25) is 0 Å². The smallest absolute Gasteiger partial charge is 0.316 e. The summed E-state index contributed by atoms with van der Waals surface area (Å²) < 4.78 is 24.9. The van der Waals surface area contributed by atoms with Gasteiger partial charge in [0.05, 0.1) is 29.3 Å². The van der Waals surface area contributed by atoms with Crippen LogP contribution in [0.1, 0.15) is 36.5 Å². The van der Waals surface area contributed by atoms with Crippen molar-refractivity contribution in [3.05, 3.63) is 83.2 Å². The average molecular weight is 416 g/mol. The molecule has 1 aliphatic rings. The zero-order valence-electron chi connectivity index (χ0n) is 17.1. The van der Waals surface area contributed by atoms with E-state index in [9.17, 15) is 9.18 Å². The van der Waals surface area contributed by atoms with E-state index in [1.165, 1.54) is 12.1 Å². The topological polar surface area (TPSA) is 72.2 Å². The van der Waals surface area contributed by atoms with Gasteiger partial charge in [-0.25, -0.2) is 9.37 Å². The summed E-state index contributed by atoms with van der Waals surface area (Å²) in [6.45, 7) is 2.20. The van der Waals surface area contributed by atoms with Gasteiger partial charge in [-0.1, -0.05) is 36.4 Å². The molecule has 1 aromatic heterocycles. The Hall–Kier alpha value is -3.72. The second kappa shape index (κ2) is 8.57. The molecular formula is C25H21FN2O3. The molecule has 5 nitrogen and oxygen atoms in total. The van der Waals surface area contributed by atoms with Gasteiger partial charge in [-0.05, 0) is 43.5 Å². The fourth-order valence-electron chi connectivity index (χ4n) is 3.51. The number of hydrogen-bond acceptors (Lipinski definition) is 5. The molecule has 1 aliphatic carbocycles. The van der Waals surface area contributed by atoms with Gasteiger partial charge in [0.1, 0.15) is 12.4 Å². The Labute approximate surface area is 180 Å². The fraction of sp³-hybridized carbons (Fsp3) is 0.240. The molecule has 0 bridgehead atoms. The van der Waals surface area contributed by atoms with E-state index in [1.807, 2.05) is 49.4 Å². The fourth-order valence-corrected chi connectivity index (χ4v) is 3.51. The van der Waals surface area contributed by atoms with E-state index < -0.39 is 11.2 Å². The number of carbonyl (C=O) groups excluding carboxylic acids is 1. The van der Waals surface area contributed by atoms with Gasteiger partial charge in [0, 0.05) is 17.2 Å². The first-order valence-corrected chi connectivity index (χ1v) is 10.1. The summed E-state index contributed by atoms with van der Waals surface area (Å²) in [6.07, 6.45) is 1.61. The molecule has 156 valence electrons. The number of halogens is 1. The molecule has 0 aliphatic heterocycles. The van der Waals surface area contributed by atoms with Crippen molar-refractivity contribution in [3.8, 4) is 23.2 Å². The zero-order chi connectivity index (χ0) is 21.8. The van der Waals surface area contributed by atoms with Gasteiger partial charge in [-0.3, -0.25) is 4.79 Å². The SMILES string of the molecule is CCOC(=O)C1(c2ccc(-c3cccc(OCc4ccc(C#N)cc4F)n3)cc2)CC1. The molecule has 1 saturated carbocycles. The highest BCUT2D eigenvalue weighted by molar-refractivity contribution is 5.86. The highest BCUT2D eigenvalue weighted by Gasteiger charge is 2.52. The van der Waals surface area contributed by atoms with Gasteiger partial charge in [0.25, 0.3) is 0 Å². The van der Waals surface area contributed by atoms with Crippen molar-refractivity contribution in [2.45, 2.75) is 31.8 Å². The number of nitriles is 1. The van der Waals surface area contributed by atoms with Crippen LogP contribution < -0.4 is 4.74 Å². The molecule has 0 amide bonds. The average Bonchev–Trinajstić information content (AvgIpc) is 3.61. The van der Waals surface area contributed by atoms with Crippen LogP contribution in [-0.4, -0.2) is 17.6 Å². The van der Waals surface area contributed by atoms with E-state index in [-0.39, 0.29) is 18.1 Å². The zero-order valence-corrected chi connectivity index (χ0v) is 17.1. The maximum Gasteiger partial charge on any atom is 0.316 e. The molecule has 0 saturated heterocycles. The van der Waals surface area contributed by atoms with Gasteiger partial charge in [-0.15, -0.1) is 0 Å². The van der Waals surface area contributed by atoms with Crippen LogP contribution in [0.15, 0.2) is 60.7 Å². The molecule has 0 unspecified atom stereocenters. The lowest BCUT2D eigenvalue weighted by Crippen LogP contribution is -2.23. The Morgan fingerprint density at radius 3 is 2.58 bits per heavy atom. The molecular weight excluding hydrogens is 395 g/mol. The van der Waals surface area contributed by atoms with Crippen LogP contribution in [-0.2, 0) is 21.6 Å². The first kappa shape index (κ1) is 20.5. The Balaban J connectivity index is 1.47. The lowest BCUT2D eigenvalue weighted by Gasteiger charge is -2.14. The number of benzene rings is 2. The summed E-state index contributed by atoms with van der Waals surface area (Å²) in [5.74, 6) is -0.275. The van der Waals surface area contributed by atoms with Crippen molar-refractivity contribution >= 4 is 5.97 Å². The third-order valence-corrected chi connectivity index (χ3v) is 5.43. The number of aromatic nitrogens is 1. The number of carbonyl (C=O) groups is 1. The summed E-state index contributed by atoms with van der Waals surface area (Å²) >= 11 is 0. The van der Waals surface area contributed by atoms with Crippen molar-refractivity contribution < 1.29 is 18.7 Å². The van der Waals surface area contributed by atoms with Gasteiger partial charge in [0.15, 0.2) is 0 Å². The van der Waals surface area contributed by atoms with E-state index in [0.717, 1.165) is 24.0 Å². The van der Waals surface area contributed by atoms with E-state index >= 15 is 0 Å². The Kier molecular flexibility index (Phi) is 5.68. The van der Waals surface area contributed by atoms with Crippen molar-refractivity contribution in [1.29, 1.82) is 5.26 Å². The number of ether oxygens (including phenoxy) is 2. The van der Waals surface area contributed by atoms with Crippen LogP contribution in [0.5, 0.6) is 5.88 Å². The van der Waals surface area contributed by atoms with Gasteiger partial charge < -0.3 is 9.47 Å². The third kappa shape index (κ3) is 4.26. The maximum absolute atomic E-state index is 14.0. The summed E-state index contributed by atoms with van der Waals surface area (Å²) in [7, 11) is 0. The second-order valence-corrected chi connectivity index (χ2v) is 7.45. The molecule has 6 heteroatoms. The maximum atomic E-state index is 14.0. The summed E-state index contributed by atoms with van der Waals surface area (Å²) in [6, 6.07) is 19.3. The van der Waals surface area contributed by atoms with Gasteiger partial charge in [-0.2, -0.15) is 5.26 Å². The van der Waals surface area contributed by atoms with Crippen molar-refractivity contribution in [1.82, 2.24) is 4.98 Å². The molecule has 1 fully saturated rings.